The molecule has 0 aromatic heterocycles. The monoisotopic (exact) mass is 472 g/mol. The fraction of sp³-hybridized carbons (Fsp3) is 0.520. The second kappa shape index (κ2) is 15.5. The van der Waals surface area contributed by atoms with E-state index < -0.39 is 12.1 Å². The van der Waals surface area contributed by atoms with Gasteiger partial charge in [-0.15, -0.1) is 0 Å². The van der Waals surface area contributed by atoms with Crippen LogP contribution in [0, 0.1) is 17.2 Å². The van der Waals surface area contributed by atoms with E-state index in [0.717, 1.165) is 5.56 Å². The number of amides is 3. The molecule has 9 nitrogen and oxygen atoms in total. The van der Waals surface area contributed by atoms with Crippen molar-refractivity contribution >= 4 is 29.8 Å². The number of benzene rings is 1. The first-order chi connectivity index (χ1) is 16.1. The van der Waals surface area contributed by atoms with Crippen molar-refractivity contribution in [3.05, 3.63) is 42.0 Å². The molecule has 0 spiro atoms. The second-order valence-corrected chi connectivity index (χ2v) is 9.11. The summed E-state index contributed by atoms with van der Waals surface area (Å²) in [6.07, 6.45) is 4.61. The summed E-state index contributed by atoms with van der Waals surface area (Å²) in [7, 11) is 0. The van der Waals surface area contributed by atoms with Crippen LogP contribution in [0.2, 0.25) is 0 Å². The smallest absolute Gasteiger partial charge is 0.244 e. The molecule has 0 saturated carbocycles. The Kier molecular flexibility index (Phi) is 13.0. The van der Waals surface area contributed by atoms with E-state index in [0.29, 0.717) is 32.4 Å². The number of nitrogens with two attached hydrogens (primary N) is 1. The third-order valence-corrected chi connectivity index (χ3v) is 4.88. The first kappa shape index (κ1) is 28.7. The van der Waals surface area contributed by atoms with Gasteiger partial charge in [-0.05, 0) is 42.7 Å². The Labute approximate surface area is 202 Å². The number of hydrogen-bond donors (Lipinski definition) is 6. The van der Waals surface area contributed by atoms with E-state index in [-0.39, 0.29) is 35.5 Å². The SMILES string of the molecule is CC(C)CC(NC(=O)/C=C/c1ccccc1)C(=O)NC(CC(C)C)C(=O)NCCCNC(=N)N. The lowest BCUT2D eigenvalue weighted by atomic mass is 10.00. The van der Waals surface area contributed by atoms with Crippen LogP contribution in [-0.4, -0.2) is 48.9 Å². The molecule has 0 radical (unpaired) electrons. The molecule has 0 fully saturated rings. The van der Waals surface area contributed by atoms with Crippen LogP contribution in [0.3, 0.4) is 0 Å². The van der Waals surface area contributed by atoms with Crippen LogP contribution in [0.15, 0.2) is 36.4 Å². The summed E-state index contributed by atoms with van der Waals surface area (Å²) in [6.45, 7) is 8.75. The summed E-state index contributed by atoms with van der Waals surface area (Å²) in [6, 6.07) is 7.96. The zero-order valence-corrected chi connectivity index (χ0v) is 20.7. The standard InChI is InChI=1S/C25H40N6O3/c1-17(2)15-20(23(33)28-13-8-14-29-25(26)27)31-24(34)21(16-18(3)4)30-22(32)12-11-19-9-6-5-7-10-19/h5-7,9-12,17-18,20-21H,8,13-16H2,1-4H3,(H,28,33)(H,30,32)(H,31,34)(H4,26,27,29)/b12-11+. The molecule has 9 heteroatoms. The van der Waals surface area contributed by atoms with Gasteiger partial charge in [-0.1, -0.05) is 58.0 Å². The molecule has 1 rings (SSSR count). The predicted molar refractivity (Wildman–Crippen MR) is 136 cm³/mol. The van der Waals surface area contributed by atoms with Crippen LogP contribution in [0.1, 0.15) is 52.5 Å². The van der Waals surface area contributed by atoms with Crippen molar-refractivity contribution < 1.29 is 14.4 Å². The van der Waals surface area contributed by atoms with Gasteiger partial charge >= 0.3 is 0 Å². The summed E-state index contributed by atoms with van der Waals surface area (Å²) in [5.41, 5.74) is 6.13. The molecule has 0 aliphatic rings. The zero-order chi connectivity index (χ0) is 25.5. The highest BCUT2D eigenvalue weighted by Gasteiger charge is 2.27. The van der Waals surface area contributed by atoms with E-state index in [9.17, 15) is 14.4 Å². The van der Waals surface area contributed by atoms with Gasteiger partial charge in [-0.2, -0.15) is 0 Å². The van der Waals surface area contributed by atoms with E-state index in [4.69, 9.17) is 11.1 Å². The van der Waals surface area contributed by atoms with Crippen LogP contribution in [0.25, 0.3) is 6.08 Å². The van der Waals surface area contributed by atoms with Gasteiger partial charge in [0.25, 0.3) is 0 Å². The molecule has 0 aliphatic carbocycles. The zero-order valence-electron chi connectivity index (χ0n) is 20.7. The molecular formula is C25H40N6O3. The average molecular weight is 473 g/mol. The van der Waals surface area contributed by atoms with E-state index in [1.54, 1.807) is 6.08 Å². The summed E-state index contributed by atoms with van der Waals surface area (Å²) in [4.78, 5) is 38.3. The molecule has 1 aromatic carbocycles. The lowest BCUT2D eigenvalue weighted by molar-refractivity contribution is -0.131. The molecule has 0 saturated heterocycles. The fourth-order valence-corrected chi connectivity index (χ4v) is 3.28. The maximum Gasteiger partial charge on any atom is 0.244 e. The number of rotatable bonds is 14. The van der Waals surface area contributed by atoms with Gasteiger partial charge in [0.05, 0.1) is 0 Å². The van der Waals surface area contributed by atoms with Crippen molar-refractivity contribution in [1.29, 1.82) is 5.41 Å². The average Bonchev–Trinajstić information content (AvgIpc) is 2.76. The summed E-state index contributed by atoms with van der Waals surface area (Å²) in [5.74, 6) is -0.791. The van der Waals surface area contributed by atoms with Gasteiger partial charge in [0.2, 0.25) is 17.7 Å². The molecule has 0 aliphatic heterocycles. The molecule has 188 valence electrons. The molecule has 0 heterocycles. The first-order valence-corrected chi connectivity index (χ1v) is 11.8. The fourth-order valence-electron chi connectivity index (χ4n) is 3.28. The molecule has 7 N–H and O–H groups in total. The Bertz CT molecular complexity index is 823. The minimum atomic E-state index is -0.754. The number of guanidine groups is 1. The van der Waals surface area contributed by atoms with Crippen LogP contribution < -0.4 is 27.0 Å². The Hall–Kier alpha value is -3.36. The highest BCUT2D eigenvalue weighted by atomic mass is 16.2. The van der Waals surface area contributed by atoms with Gasteiger partial charge in [-0.25, -0.2) is 0 Å². The minimum absolute atomic E-state index is 0.117. The molecule has 0 bridgehead atoms. The van der Waals surface area contributed by atoms with Crippen molar-refractivity contribution in [1.82, 2.24) is 21.3 Å². The topological polar surface area (TPSA) is 149 Å². The van der Waals surface area contributed by atoms with Crippen molar-refractivity contribution in [3.63, 3.8) is 0 Å². The number of hydrogen-bond acceptors (Lipinski definition) is 4. The molecular weight excluding hydrogens is 432 g/mol. The van der Waals surface area contributed by atoms with Crippen molar-refractivity contribution in [2.75, 3.05) is 13.1 Å². The Balaban J connectivity index is 2.76. The van der Waals surface area contributed by atoms with Gasteiger partial charge in [0.15, 0.2) is 5.96 Å². The van der Waals surface area contributed by atoms with E-state index in [2.05, 4.69) is 21.3 Å². The maximum absolute atomic E-state index is 13.1. The molecule has 3 amide bonds. The van der Waals surface area contributed by atoms with Gasteiger partial charge < -0.3 is 27.0 Å². The Morgan fingerprint density at radius 3 is 2.00 bits per heavy atom. The lowest BCUT2D eigenvalue weighted by Crippen LogP contribution is -2.54. The third-order valence-electron chi connectivity index (χ3n) is 4.88. The minimum Gasteiger partial charge on any atom is -0.370 e. The van der Waals surface area contributed by atoms with E-state index in [1.807, 2.05) is 58.0 Å². The van der Waals surface area contributed by atoms with E-state index in [1.165, 1.54) is 6.08 Å². The normalized spacial score (nSPS) is 12.9. The Morgan fingerprint density at radius 1 is 0.882 bits per heavy atom. The van der Waals surface area contributed by atoms with Crippen LogP contribution in [0.4, 0.5) is 0 Å². The Morgan fingerprint density at radius 2 is 1.44 bits per heavy atom. The molecule has 2 atom stereocenters. The molecule has 1 aromatic rings. The van der Waals surface area contributed by atoms with Crippen LogP contribution in [0.5, 0.6) is 0 Å². The quantitative estimate of drug-likeness (QED) is 0.106. The van der Waals surface area contributed by atoms with E-state index >= 15 is 0 Å². The maximum atomic E-state index is 13.1. The lowest BCUT2D eigenvalue weighted by Gasteiger charge is -2.25. The van der Waals surface area contributed by atoms with Crippen molar-refractivity contribution in [3.8, 4) is 0 Å². The molecule has 2 unspecified atom stereocenters. The highest BCUT2D eigenvalue weighted by molar-refractivity contribution is 5.96. The second-order valence-electron chi connectivity index (χ2n) is 9.11. The first-order valence-electron chi connectivity index (χ1n) is 11.8. The summed E-state index contributed by atoms with van der Waals surface area (Å²) in [5, 5.41) is 18.3. The summed E-state index contributed by atoms with van der Waals surface area (Å²) < 4.78 is 0. The largest absolute Gasteiger partial charge is 0.370 e. The van der Waals surface area contributed by atoms with Gasteiger partial charge in [0, 0.05) is 19.2 Å². The number of carbonyl (C=O) groups excluding carboxylic acids is 3. The van der Waals surface area contributed by atoms with Gasteiger partial charge in [0.1, 0.15) is 12.1 Å². The highest BCUT2D eigenvalue weighted by Crippen LogP contribution is 2.09. The van der Waals surface area contributed by atoms with Crippen molar-refractivity contribution in [2.45, 2.75) is 59.0 Å². The number of carbonyl (C=O) groups is 3. The third kappa shape index (κ3) is 12.6. The number of nitrogens with one attached hydrogen (secondary N) is 5. The van der Waals surface area contributed by atoms with Crippen LogP contribution >= 0.6 is 0 Å². The van der Waals surface area contributed by atoms with Crippen molar-refractivity contribution in [2.24, 2.45) is 17.6 Å². The van der Waals surface area contributed by atoms with Crippen LogP contribution in [-0.2, 0) is 14.4 Å². The van der Waals surface area contributed by atoms with Gasteiger partial charge in [-0.3, -0.25) is 19.8 Å². The summed E-state index contributed by atoms with van der Waals surface area (Å²) >= 11 is 0. The molecule has 34 heavy (non-hydrogen) atoms. The predicted octanol–water partition coefficient (Wildman–Crippen LogP) is 1.75.